The number of carbonyl (C=O) groups is 1. The maximum atomic E-state index is 12.7. The Hall–Kier alpha value is -2.44. The minimum absolute atomic E-state index is 0.0375. The first-order chi connectivity index (χ1) is 15.1. The summed E-state index contributed by atoms with van der Waals surface area (Å²) in [6.45, 7) is 8.24. The van der Waals surface area contributed by atoms with Crippen molar-refractivity contribution in [2.24, 2.45) is 0 Å². The fourth-order valence-corrected chi connectivity index (χ4v) is 5.04. The number of para-hydroxylation sites is 1. The zero-order valence-corrected chi connectivity index (χ0v) is 18.8. The summed E-state index contributed by atoms with van der Waals surface area (Å²) >= 11 is 0. The Morgan fingerprint density at radius 2 is 1.84 bits per heavy atom. The normalized spacial score (nSPS) is 19.5. The molecule has 1 saturated heterocycles. The Morgan fingerprint density at radius 3 is 2.55 bits per heavy atom. The highest BCUT2D eigenvalue weighted by molar-refractivity contribution is 5.92. The van der Waals surface area contributed by atoms with Gasteiger partial charge in [0.15, 0.2) is 0 Å². The molecular formula is C25H34N4O2. The number of nitrogens with zero attached hydrogens (tertiary/aromatic N) is 3. The SMILES string of the molecule is Cc1nn(-c2ccccc2)c(C)c1/C=C/C(=O)NCC1(N2CCOCC2)CCCCC1. The predicted octanol–water partition coefficient (Wildman–Crippen LogP) is 3.65. The second-order valence-corrected chi connectivity index (χ2v) is 8.77. The van der Waals surface area contributed by atoms with E-state index in [0.717, 1.165) is 61.8 Å². The second-order valence-electron chi connectivity index (χ2n) is 8.77. The Balaban J connectivity index is 1.43. The summed E-state index contributed by atoms with van der Waals surface area (Å²) in [7, 11) is 0. The molecule has 1 aliphatic heterocycles. The van der Waals surface area contributed by atoms with Gasteiger partial charge in [0.2, 0.25) is 5.91 Å². The number of ether oxygens (including phenoxy) is 1. The van der Waals surface area contributed by atoms with Crippen molar-refractivity contribution in [1.82, 2.24) is 20.0 Å². The summed E-state index contributed by atoms with van der Waals surface area (Å²) in [5.41, 5.74) is 4.05. The van der Waals surface area contributed by atoms with Crippen LogP contribution in [0.25, 0.3) is 11.8 Å². The highest BCUT2D eigenvalue weighted by atomic mass is 16.5. The molecule has 6 heteroatoms. The lowest BCUT2D eigenvalue weighted by molar-refractivity contribution is -0.117. The molecule has 2 aromatic rings. The fourth-order valence-electron chi connectivity index (χ4n) is 5.04. The Labute approximate surface area is 185 Å². The van der Waals surface area contributed by atoms with Crippen LogP contribution in [0, 0.1) is 13.8 Å². The third kappa shape index (κ3) is 4.91. The van der Waals surface area contributed by atoms with Crippen LogP contribution >= 0.6 is 0 Å². The van der Waals surface area contributed by atoms with E-state index < -0.39 is 0 Å². The monoisotopic (exact) mass is 422 g/mol. The number of morpholine rings is 1. The van der Waals surface area contributed by atoms with Crippen molar-refractivity contribution in [3.05, 3.63) is 53.4 Å². The standard InChI is InChI=1S/C25H34N4O2/c1-20-23(21(2)29(27-20)22-9-5-3-6-10-22)11-12-24(30)26-19-25(13-7-4-8-14-25)28-15-17-31-18-16-28/h3,5-6,9-12H,4,7-8,13-19H2,1-2H3,(H,26,30)/b12-11+. The Bertz CT molecular complexity index is 907. The number of aryl methyl sites for hydroxylation is 1. The molecule has 2 fully saturated rings. The van der Waals surface area contributed by atoms with E-state index in [1.54, 1.807) is 6.08 Å². The van der Waals surface area contributed by atoms with Gasteiger partial charge < -0.3 is 10.1 Å². The van der Waals surface area contributed by atoms with Crippen LogP contribution < -0.4 is 5.32 Å². The Kier molecular flexibility index (Phi) is 6.88. The van der Waals surface area contributed by atoms with Crippen molar-refractivity contribution in [2.45, 2.75) is 51.5 Å². The molecule has 1 aromatic heterocycles. The van der Waals surface area contributed by atoms with Crippen LogP contribution in [0.5, 0.6) is 0 Å². The van der Waals surface area contributed by atoms with Crippen molar-refractivity contribution in [2.75, 3.05) is 32.8 Å². The maximum Gasteiger partial charge on any atom is 0.244 e. The van der Waals surface area contributed by atoms with E-state index in [1.165, 1.54) is 19.3 Å². The van der Waals surface area contributed by atoms with Crippen LogP contribution in [0.3, 0.4) is 0 Å². The third-order valence-electron chi connectivity index (χ3n) is 6.81. The van der Waals surface area contributed by atoms with E-state index in [0.29, 0.717) is 6.54 Å². The smallest absolute Gasteiger partial charge is 0.244 e. The van der Waals surface area contributed by atoms with Gasteiger partial charge in [0.05, 0.1) is 24.6 Å². The topological polar surface area (TPSA) is 59.4 Å². The molecule has 2 aliphatic rings. The fraction of sp³-hybridized carbons (Fsp3) is 0.520. The lowest BCUT2D eigenvalue weighted by Gasteiger charge is -2.48. The quantitative estimate of drug-likeness (QED) is 0.722. The minimum atomic E-state index is -0.0375. The molecule has 2 heterocycles. The summed E-state index contributed by atoms with van der Waals surface area (Å²) in [5.74, 6) is -0.0375. The highest BCUT2D eigenvalue weighted by Gasteiger charge is 2.38. The first kappa shape index (κ1) is 21.8. The van der Waals surface area contributed by atoms with Gasteiger partial charge in [-0.05, 0) is 44.9 Å². The lowest BCUT2D eigenvalue weighted by atomic mass is 9.79. The largest absolute Gasteiger partial charge is 0.379 e. The zero-order valence-electron chi connectivity index (χ0n) is 18.8. The number of hydrogen-bond acceptors (Lipinski definition) is 4. The van der Waals surface area contributed by atoms with Gasteiger partial charge in [-0.15, -0.1) is 0 Å². The first-order valence-corrected chi connectivity index (χ1v) is 11.5. The van der Waals surface area contributed by atoms with Crippen molar-refractivity contribution in [1.29, 1.82) is 0 Å². The number of rotatable bonds is 6. The molecule has 1 N–H and O–H groups in total. The summed E-state index contributed by atoms with van der Waals surface area (Å²) in [5, 5.41) is 7.87. The van der Waals surface area contributed by atoms with Crippen molar-refractivity contribution < 1.29 is 9.53 Å². The molecular weight excluding hydrogens is 388 g/mol. The van der Waals surface area contributed by atoms with Gasteiger partial charge in [-0.2, -0.15) is 5.10 Å². The highest BCUT2D eigenvalue weighted by Crippen LogP contribution is 2.33. The summed E-state index contributed by atoms with van der Waals surface area (Å²) in [4.78, 5) is 15.3. The number of amides is 1. The molecule has 6 nitrogen and oxygen atoms in total. The van der Waals surface area contributed by atoms with E-state index >= 15 is 0 Å². The third-order valence-corrected chi connectivity index (χ3v) is 6.81. The zero-order chi connectivity index (χ0) is 21.7. The minimum Gasteiger partial charge on any atom is -0.379 e. The summed E-state index contributed by atoms with van der Waals surface area (Å²) in [6.07, 6.45) is 9.62. The van der Waals surface area contributed by atoms with Crippen LogP contribution in [-0.4, -0.2) is 59.0 Å². The number of hydrogen-bond donors (Lipinski definition) is 1. The van der Waals surface area contributed by atoms with Crippen LogP contribution in [0.2, 0.25) is 0 Å². The second kappa shape index (κ2) is 9.79. The molecule has 1 aliphatic carbocycles. The van der Waals surface area contributed by atoms with Crippen molar-refractivity contribution >= 4 is 12.0 Å². The molecule has 31 heavy (non-hydrogen) atoms. The number of aromatic nitrogens is 2. The summed E-state index contributed by atoms with van der Waals surface area (Å²) < 4.78 is 7.49. The Morgan fingerprint density at radius 1 is 1.13 bits per heavy atom. The molecule has 0 bridgehead atoms. The van der Waals surface area contributed by atoms with E-state index in [2.05, 4.69) is 15.3 Å². The van der Waals surface area contributed by atoms with Crippen molar-refractivity contribution in [3.63, 3.8) is 0 Å². The van der Waals surface area contributed by atoms with Crippen LogP contribution in [0.4, 0.5) is 0 Å². The molecule has 1 saturated carbocycles. The van der Waals surface area contributed by atoms with Gasteiger partial charge in [-0.3, -0.25) is 9.69 Å². The maximum absolute atomic E-state index is 12.7. The molecule has 0 radical (unpaired) electrons. The van der Waals surface area contributed by atoms with E-state index in [9.17, 15) is 4.79 Å². The molecule has 4 rings (SSSR count). The van der Waals surface area contributed by atoms with E-state index in [-0.39, 0.29) is 11.4 Å². The number of benzene rings is 1. The lowest BCUT2D eigenvalue weighted by Crippen LogP contribution is -2.59. The molecule has 1 amide bonds. The number of carbonyl (C=O) groups excluding carboxylic acids is 1. The van der Waals surface area contributed by atoms with Gasteiger partial charge in [0.1, 0.15) is 0 Å². The van der Waals surface area contributed by atoms with Crippen LogP contribution in [-0.2, 0) is 9.53 Å². The summed E-state index contributed by atoms with van der Waals surface area (Å²) in [6, 6.07) is 10.1. The average molecular weight is 423 g/mol. The predicted molar refractivity (Wildman–Crippen MR) is 123 cm³/mol. The first-order valence-electron chi connectivity index (χ1n) is 11.5. The van der Waals surface area contributed by atoms with Gasteiger partial charge in [-0.25, -0.2) is 4.68 Å². The number of nitrogens with one attached hydrogen (secondary N) is 1. The average Bonchev–Trinajstić information content (AvgIpc) is 3.11. The molecule has 0 spiro atoms. The van der Waals surface area contributed by atoms with Crippen molar-refractivity contribution in [3.8, 4) is 5.69 Å². The van der Waals surface area contributed by atoms with Crippen LogP contribution in [0.1, 0.15) is 49.1 Å². The van der Waals surface area contributed by atoms with E-state index in [4.69, 9.17) is 4.74 Å². The van der Waals surface area contributed by atoms with Crippen LogP contribution in [0.15, 0.2) is 36.4 Å². The van der Waals surface area contributed by atoms with Gasteiger partial charge >= 0.3 is 0 Å². The molecule has 0 atom stereocenters. The molecule has 166 valence electrons. The van der Waals surface area contributed by atoms with Gasteiger partial charge in [0, 0.05) is 42.5 Å². The molecule has 0 unspecified atom stereocenters. The van der Waals surface area contributed by atoms with Gasteiger partial charge in [0.25, 0.3) is 0 Å². The molecule has 1 aromatic carbocycles. The van der Waals surface area contributed by atoms with Gasteiger partial charge in [-0.1, -0.05) is 37.5 Å². The van der Waals surface area contributed by atoms with E-state index in [1.807, 2.05) is 54.9 Å².